The molecule has 1 fully saturated rings. The van der Waals surface area contributed by atoms with Crippen molar-refractivity contribution >= 4 is 33.1 Å². The molecular weight excluding hydrogens is 447 g/mol. The number of hydrogen-bond donors (Lipinski definition) is 0. The molecule has 32 heavy (non-hydrogen) atoms. The third kappa shape index (κ3) is 9.45. The summed E-state index contributed by atoms with van der Waals surface area (Å²) in [6.07, 6.45) is 11.1. The molecule has 1 saturated heterocycles. The van der Waals surface area contributed by atoms with Crippen LogP contribution in [0.2, 0.25) is 0 Å². The predicted molar refractivity (Wildman–Crippen MR) is 123 cm³/mol. The van der Waals surface area contributed by atoms with Crippen LogP contribution in [0.1, 0.15) is 97.8 Å². The van der Waals surface area contributed by atoms with Crippen LogP contribution in [0.25, 0.3) is 0 Å². The Morgan fingerprint density at radius 1 is 0.750 bits per heavy atom. The second-order valence-electron chi connectivity index (χ2n) is 7.97. The molecule has 1 aliphatic heterocycles. The Bertz CT molecular complexity index is 656. The summed E-state index contributed by atoms with van der Waals surface area (Å²) < 4.78 is 45.0. The Labute approximate surface area is 209 Å². The molecule has 0 bridgehead atoms. The van der Waals surface area contributed by atoms with Crippen molar-refractivity contribution in [3.63, 3.8) is 0 Å². The first-order valence-electron chi connectivity index (χ1n) is 11.7. The molecule has 0 aromatic heterocycles. The minimum atomic E-state index is -4.24. The van der Waals surface area contributed by atoms with Crippen molar-refractivity contribution in [1.29, 1.82) is 0 Å². The van der Waals surface area contributed by atoms with E-state index in [0.29, 0.717) is 40.7 Å². The van der Waals surface area contributed by atoms with Crippen LogP contribution < -0.4 is 18.9 Å². The van der Waals surface area contributed by atoms with E-state index in [2.05, 4.69) is 6.92 Å². The molecule has 1 heterocycles. The Balaban J connectivity index is 0.00000961. The molecule has 0 aliphatic carbocycles. The standard InChI is InChI=1S/C21H40N2O6S2.Li/c1-4-7-10-11-12-13-14-15-18-29-30(26)19-20(24)22(16-8-5-2)31(27,28)23(21(19)25)17-9-6-3;/h19H,4-18H2,1-3H3;/q;+1. The van der Waals surface area contributed by atoms with Gasteiger partial charge in [-0.25, -0.2) is 12.8 Å². The van der Waals surface area contributed by atoms with E-state index >= 15 is 0 Å². The number of nitrogens with zero attached hydrogens (tertiary/aromatic N) is 2. The fourth-order valence-electron chi connectivity index (χ4n) is 3.38. The van der Waals surface area contributed by atoms with Crippen LogP contribution in [0.3, 0.4) is 0 Å². The molecule has 11 heteroatoms. The second kappa shape index (κ2) is 17.1. The molecule has 2 amide bonds. The zero-order valence-corrected chi connectivity index (χ0v) is 22.0. The topological polar surface area (TPSA) is 101 Å². The number of carbonyl (C=O) groups excluding carboxylic acids is 2. The van der Waals surface area contributed by atoms with Crippen LogP contribution in [-0.4, -0.2) is 58.0 Å². The van der Waals surface area contributed by atoms with Gasteiger partial charge in [0.2, 0.25) is 5.25 Å². The average molecular weight is 488 g/mol. The minimum absolute atomic E-state index is 0. The first-order chi connectivity index (χ1) is 14.8. The van der Waals surface area contributed by atoms with Crippen LogP contribution in [-0.2, 0) is 35.1 Å². The van der Waals surface area contributed by atoms with E-state index < -0.39 is 38.4 Å². The zero-order valence-electron chi connectivity index (χ0n) is 20.3. The molecule has 1 atom stereocenters. The summed E-state index contributed by atoms with van der Waals surface area (Å²) in [4.78, 5) is 25.6. The van der Waals surface area contributed by atoms with Crippen molar-refractivity contribution in [2.24, 2.45) is 0 Å². The summed E-state index contributed by atoms with van der Waals surface area (Å²) in [7, 11) is -4.24. The van der Waals surface area contributed by atoms with Crippen LogP contribution in [0, 0.1) is 0 Å². The van der Waals surface area contributed by atoms with Crippen LogP contribution in [0.4, 0.5) is 0 Å². The molecule has 0 aromatic rings. The third-order valence-electron chi connectivity index (χ3n) is 5.32. The Morgan fingerprint density at radius 3 is 1.59 bits per heavy atom. The van der Waals surface area contributed by atoms with Gasteiger partial charge in [0.1, 0.15) is 0 Å². The van der Waals surface area contributed by atoms with Gasteiger partial charge in [0.25, 0.3) is 11.8 Å². The summed E-state index contributed by atoms with van der Waals surface area (Å²) in [5, 5.41) is -1.62. The Hall–Kier alpha value is -0.403. The van der Waals surface area contributed by atoms with E-state index in [1.54, 1.807) is 0 Å². The van der Waals surface area contributed by atoms with Crippen molar-refractivity contribution in [2.45, 2.75) is 103 Å². The van der Waals surface area contributed by atoms with Crippen LogP contribution in [0.15, 0.2) is 0 Å². The van der Waals surface area contributed by atoms with Crippen LogP contribution in [0.5, 0.6) is 0 Å². The van der Waals surface area contributed by atoms with Gasteiger partial charge < -0.3 is 0 Å². The third-order valence-corrected chi connectivity index (χ3v) is 8.34. The van der Waals surface area contributed by atoms with E-state index in [1.165, 1.54) is 25.7 Å². The number of amides is 2. The summed E-state index contributed by atoms with van der Waals surface area (Å²) in [6, 6.07) is 0. The van der Waals surface area contributed by atoms with Crippen molar-refractivity contribution in [2.75, 3.05) is 19.7 Å². The van der Waals surface area contributed by atoms with Gasteiger partial charge in [-0.15, -0.1) is 0 Å². The zero-order chi connectivity index (χ0) is 23.3. The molecule has 0 radical (unpaired) electrons. The van der Waals surface area contributed by atoms with Crippen molar-refractivity contribution in [3.8, 4) is 0 Å². The fraction of sp³-hybridized carbons (Fsp3) is 0.905. The summed E-state index contributed by atoms with van der Waals surface area (Å²) >= 11 is -2.21. The van der Waals surface area contributed by atoms with Crippen molar-refractivity contribution < 1.29 is 45.3 Å². The van der Waals surface area contributed by atoms with Gasteiger partial charge in [0.15, 0.2) is 11.1 Å². The molecule has 8 nitrogen and oxygen atoms in total. The van der Waals surface area contributed by atoms with Gasteiger partial charge in [0.05, 0.1) is 6.61 Å². The van der Waals surface area contributed by atoms with E-state index in [-0.39, 0.29) is 38.6 Å². The molecule has 1 unspecified atom stereocenters. The largest absolute Gasteiger partial charge is 1.00 e. The van der Waals surface area contributed by atoms with Gasteiger partial charge >= 0.3 is 29.1 Å². The molecule has 0 spiro atoms. The van der Waals surface area contributed by atoms with E-state index in [0.717, 1.165) is 19.3 Å². The average Bonchev–Trinajstić information content (AvgIpc) is 2.72. The minimum Gasteiger partial charge on any atom is -0.290 e. The first-order valence-corrected chi connectivity index (χ1v) is 14.3. The number of hydrogen-bond acceptors (Lipinski definition) is 6. The molecule has 0 saturated carbocycles. The maximum Gasteiger partial charge on any atom is 1.00 e. The Kier molecular flexibility index (Phi) is 16.9. The second-order valence-corrected chi connectivity index (χ2v) is 11.0. The van der Waals surface area contributed by atoms with E-state index in [4.69, 9.17) is 4.18 Å². The first kappa shape index (κ1) is 31.6. The number of rotatable bonds is 17. The summed E-state index contributed by atoms with van der Waals surface area (Å²) in [6.45, 7) is 6.06. The smallest absolute Gasteiger partial charge is 0.290 e. The van der Waals surface area contributed by atoms with Gasteiger partial charge in [-0.3, -0.25) is 13.8 Å². The predicted octanol–water partition coefficient (Wildman–Crippen LogP) is 0.696. The maximum atomic E-state index is 12.8. The number of unbranched alkanes of at least 4 members (excludes halogenated alkanes) is 9. The van der Waals surface area contributed by atoms with E-state index in [1.807, 2.05) is 13.8 Å². The monoisotopic (exact) mass is 487 g/mol. The summed E-state index contributed by atoms with van der Waals surface area (Å²) in [5.74, 6) is -1.89. The molecule has 1 rings (SSSR count). The Morgan fingerprint density at radius 2 is 1.16 bits per heavy atom. The maximum absolute atomic E-state index is 12.8. The molecule has 182 valence electrons. The van der Waals surface area contributed by atoms with E-state index in [9.17, 15) is 22.2 Å². The molecular formula is C21H40LiN2O6S2+. The fourth-order valence-corrected chi connectivity index (χ4v) is 6.14. The molecule has 1 aliphatic rings. The normalized spacial score (nSPS) is 17.5. The molecule has 0 aromatic carbocycles. The van der Waals surface area contributed by atoms with Crippen molar-refractivity contribution in [3.05, 3.63) is 0 Å². The quantitative estimate of drug-likeness (QED) is 0.170. The van der Waals surface area contributed by atoms with Gasteiger partial charge in [-0.2, -0.15) is 8.42 Å². The SMILES string of the molecule is CCCCCCCCCCOS(=O)C1C(=O)N(CCCC)S(=O)(=O)N(CCCC)C1=O.[Li+]. The van der Waals surface area contributed by atoms with Gasteiger partial charge in [-0.05, 0) is 19.3 Å². The molecule has 0 N–H and O–H groups in total. The van der Waals surface area contributed by atoms with Crippen molar-refractivity contribution in [1.82, 2.24) is 8.61 Å². The van der Waals surface area contributed by atoms with Crippen LogP contribution >= 0.6 is 0 Å². The number of carbonyl (C=O) groups is 2. The van der Waals surface area contributed by atoms with Gasteiger partial charge in [-0.1, -0.05) is 78.6 Å². The van der Waals surface area contributed by atoms with Gasteiger partial charge in [0, 0.05) is 13.1 Å². The summed E-state index contributed by atoms with van der Waals surface area (Å²) in [5.41, 5.74) is 0.